The minimum absolute atomic E-state index is 0.454. The lowest BCUT2D eigenvalue weighted by Crippen LogP contribution is -2.28. The van der Waals surface area contributed by atoms with Crippen LogP contribution in [0.2, 0.25) is 0 Å². The molecular weight excluding hydrogens is 188 g/mol. The molecule has 2 atom stereocenters. The van der Waals surface area contributed by atoms with E-state index in [-0.39, 0.29) is 0 Å². The molecule has 1 fully saturated rings. The normalized spacial score (nSPS) is 30.3. The SMILES string of the molecule is CNC1c2c(C3CC3)noc2CCC1C. The van der Waals surface area contributed by atoms with Crippen molar-refractivity contribution < 1.29 is 4.52 Å². The van der Waals surface area contributed by atoms with Crippen LogP contribution in [0.3, 0.4) is 0 Å². The molecule has 0 aliphatic heterocycles. The third kappa shape index (κ3) is 1.41. The highest BCUT2D eigenvalue weighted by Crippen LogP contribution is 2.46. The Morgan fingerprint density at radius 2 is 2.13 bits per heavy atom. The standard InChI is InChI=1S/C12H18N2O/c1-7-3-6-9-10(11(7)13-2)12(14-15-9)8-4-5-8/h7-8,11,13H,3-6H2,1-2H3. The van der Waals surface area contributed by atoms with Crippen molar-refractivity contribution in [2.75, 3.05) is 7.05 Å². The van der Waals surface area contributed by atoms with Gasteiger partial charge in [-0.3, -0.25) is 0 Å². The third-order valence-corrected chi connectivity index (χ3v) is 3.81. The van der Waals surface area contributed by atoms with Crippen LogP contribution in [0.25, 0.3) is 0 Å². The van der Waals surface area contributed by atoms with Gasteiger partial charge in [-0.2, -0.15) is 0 Å². The van der Waals surface area contributed by atoms with E-state index in [0.717, 1.165) is 12.2 Å². The molecule has 0 radical (unpaired) electrons. The molecule has 3 nitrogen and oxygen atoms in total. The maximum atomic E-state index is 5.48. The molecule has 1 aromatic rings. The molecule has 1 N–H and O–H groups in total. The van der Waals surface area contributed by atoms with Crippen molar-refractivity contribution in [3.8, 4) is 0 Å². The van der Waals surface area contributed by atoms with Crippen LogP contribution in [-0.4, -0.2) is 12.2 Å². The van der Waals surface area contributed by atoms with Gasteiger partial charge < -0.3 is 9.84 Å². The van der Waals surface area contributed by atoms with Gasteiger partial charge in [0.15, 0.2) is 0 Å². The van der Waals surface area contributed by atoms with Crippen LogP contribution in [0.15, 0.2) is 4.52 Å². The first-order valence-electron chi connectivity index (χ1n) is 5.97. The molecular formula is C12H18N2O. The van der Waals surface area contributed by atoms with Gasteiger partial charge in [0, 0.05) is 23.9 Å². The first kappa shape index (κ1) is 9.40. The van der Waals surface area contributed by atoms with Crippen molar-refractivity contribution in [1.82, 2.24) is 10.5 Å². The number of nitrogens with one attached hydrogen (secondary N) is 1. The number of rotatable bonds is 2. The topological polar surface area (TPSA) is 38.1 Å². The average Bonchev–Trinajstić information content (AvgIpc) is 2.99. The molecule has 0 amide bonds. The third-order valence-electron chi connectivity index (χ3n) is 3.81. The van der Waals surface area contributed by atoms with E-state index in [1.165, 1.54) is 30.5 Å². The fourth-order valence-electron chi connectivity index (χ4n) is 2.75. The number of nitrogens with zero attached hydrogens (tertiary/aromatic N) is 1. The first-order chi connectivity index (χ1) is 7.31. The zero-order valence-electron chi connectivity index (χ0n) is 9.42. The van der Waals surface area contributed by atoms with Gasteiger partial charge in [0.2, 0.25) is 0 Å². The number of hydrogen-bond acceptors (Lipinski definition) is 3. The van der Waals surface area contributed by atoms with Gasteiger partial charge in [-0.15, -0.1) is 0 Å². The molecule has 82 valence electrons. The lowest BCUT2D eigenvalue weighted by Gasteiger charge is -2.28. The van der Waals surface area contributed by atoms with Crippen LogP contribution >= 0.6 is 0 Å². The lowest BCUT2D eigenvalue weighted by atomic mass is 9.83. The lowest BCUT2D eigenvalue weighted by molar-refractivity contribution is 0.314. The van der Waals surface area contributed by atoms with Crippen molar-refractivity contribution in [2.24, 2.45) is 5.92 Å². The minimum Gasteiger partial charge on any atom is -0.361 e. The molecule has 0 bridgehead atoms. The van der Waals surface area contributed by atoms with Gasteiger partial charge >= 0.3 is 0 Å². The summed E-state index contributed by atoms with van der Waals surface area (Å²) in [5.41, 5.74) is 2.63. The monoisotopic (exact) mass is 206 g/mol. The molecule has 0 spiro atoms. The minimum atomic E-state index is 0.454. The zero-order valence-corrected chi connectivity index (χ0v) is 9.42. The summed E-state index contributed by atoms with van der Waals surface area (Å²) in [7, 11) is 2.04. The fourth-order valence-corrected chi connectivity index (χ4v) is 2.75. The Bertz CT molecular complexity index is 368. The molecule has 1 heterocycles. The van der Waals surface area contributed by atoms with Crippen molar-refractivity contribution in [3.63, 3.8) is 0 Å². The summed E-state index contributed by atoms with van der Waals surface area (Å²) in [6, 6.07) is 0.454. The Hall–Kier alpha value is -0.830. The van der Waals surface area contributed by atoms with Crippen molar-refractivity contribution in [3.05, 3.63) is 17.0 Å². The summed E-state index contributed by atoms with van der Waals surface area (Å²) in [5.74, 6) is 2.52. The highest BCUT2D eigenvalue weighted by atomic mass is 16.5. The Kier molecular flexibility index (Phi) is 2.09. The highest BCUT2D eigenvalue weighted by molar-refractivity contribution is 5.34. The van der Waals surface area contributed by atoms with E-state index in [1.54, 1.807) is 0 Å². The highest BCUT2D eigenvalue weighted by Gasteiger charge is 2.37. The van der Waals surface area contributed by atoms with E-state index in [9.17, 15) is 0 Å². The molecule has 15 heavy (non-hydrogen) atoms. The van der Waals surface area contributed by atoms with Crippen LogP contribution < -0.4 is 5.32 Å². The van der Waals surface area contributed by atoms with Gasteiger partial charge in [-0.25, -0.2) is 0 Å². The van der Waals surface area contributed by atoms with Crippen molar-refractivity contribution in [2.45, 2.75) is 44.6 Å². The number of aromatic nitrogens is 1. The molecule has 1 aromatic heterocycles. The largest absolute Gasteiger partial charge is 0.361 e. The van der Waals surface area contributed by atoms with Crippen LogP contribution in [0.4, 0.5) is 0 Å². The first-order valence-corrected chi connectivity index (χ1v) is 5.97. The second-order valence-electron chi connectivity index (χ2n) is 4.96. The summed E-state index contributed by atoms with van der Waals surface area (Å²) in [4.78, 5) is 0. The van der Waals surface area contributed by atoms with E-state index in [1.807, 2.05) is 7.05 Å². The summed E-state index contributed by atoms with van der Waals surface area (Å²) >= 11 is 0. The molecule has 2 aliphatic rings. The Morgan fingerprint density at radius 3 is 2.80 bits per heavy atom. The van der Waals surface area contributed by atoms with E-state index >= 15 is 0 Å². The predicted octanol–water partition coefficient (Wildman–Crippen LogP) is 2.39. The van der Waals surface area contributed by atoms with Gasteiger partial charge in [0.1, 0.15) is 5.76 Å². The number of fused-ring (bicyclic) bond motifs is 1. The van der Waals surface area contributed by atoms with E-state index < -0.39 is 0 Å². The maximum Gasteiger partial charge on any atom is 0.141 e. The molecule has 2 aliphatic carbocycles. The number of aryl methyl sites for hydroxylation is 1. The summed E-state index contributed by atoms with van der Waals surface area (Å²) < 4.78 is 5.48. The molecule has 0 aromatic carbocycles. The smallest absolute Gasteiger partial charge is 0.141 e. The Morgan fingerprint density at radius 1 is 1.33 bits per heavy atom. The van der Waals surface area contributed by atoms with Gasteiger partial charge in [-0.1, -0.05) is 12.1 Å². The van der Waals surface area contributed by atoms with Crippen LogP contribution in [0.5, 0.6) is 0 Å². The predicted molar refractivity (Wildman–Crippen MR) is 57.8 cm³/mol. The summed E-state index contributed by atoms with van der Waals surface area (Å²) in [6.45, 7) is 2.31. The van der Waals surface area contributed by atoms with E-state index in [2.05, 4.69) is 17.4 Å². The van der Waals surface area contributed by atoms with E-state index in [0.29, 0.717) is 17.9 Å². The molecule has 1 saturated carbocycles. The Balaban J connectivity index is 2.03. The molecule has 3 heteroatoms. The summed E-state index contributed by atoms with van der Waals surface area (Å²) in [6.07, 6.45) is 4.86. The van der Waals surface area contributed by atoms with Gasteiger partial charge in [0.25, 0.3) is 0 Å². The molecule has 3 rings (SSSR count). The van der Waals surface area contributed by atoms with E-state index in [4.69, 9.17) is 4.52 Å². The molecule has 0 saturated heterocycles. The van der Waals surface area contributed by atoms with Gasteiger partial charge in [0.05, 0.1) is 5.69 Å². The van der Waals surface area contributed by atoms with Crippen LogP contribution in [0.1, 0.15) is 55.2 Å². The van der Waals surface area contributed by atoms with Crippen LogP contribution in [-0.2, 0) is 6.42 Å². The van der Waals surface area contributed by atoms with Crippen molar-refractivity contribution in [1.29, 1.82) is 0 Å². The van der Waals surface area contributed by atoms with Gasteiger partial charge in [-0.05, 0) is 32.2 Å². The second kappa shape index (κ2) is 3.34. The number of hydrogen-bond donors (Lipinski definition) is 1. The molecule has 2 unspecified atom stereocenters. The summed E-state index contributed by atoms with van der Waals surface area (Å²) in [5, 5.41) is 7.70. The zero-order chi connectivity index (χ0) is 10.4. The fraction of sp³-hybridized carbons (Fsp3) is 0.750. The maximum absolute atomic E-state index is 5.48. The van der Waals surface area contributed by atoms with Crippen LogP contribution in [0, 0.1) is 5.92 Å². The Labute approximate surface area is 90.2 Å². The van der Waals surface area contributed by atoms with Crippen molar-refractivity contribution >= 4 is 0 Å². The average molecular weight is 206 g/mol. The quantitative estimate of drug-likeness (QED) is 0.807. The second-order valence-corrected chi connectivity index (χ2v) is 4.96.